The molecule has 72 valence electrons. The van der Waals surface area contributed by atoms with Crippen LogP contribution in [0.25, 0.3) is 11.4 Å². The SMILES string of the molecule is Cc1[nH]c(-c2ccsc2)nc(=S)c1Br. The molecule has 2 rings (SSSR count). The topological polar surface area (TPSA) is 28.7 Å². The Morgan fingerprint density at radius 2 is 2.36 bits per heavy atom. The van der Waals surface area contributed by atoms with Crippen LogP contribution in [0.3, 0.4) is 0 Å². The molecule has 0 fully saturated rings. The van der Waals surface area contributed by atoms with E-state index in [-0.39, 0.29) is 0 Å². The van der Waals surface area contributed by atoms with Gasteiger partial charge < -0.3 is 4.98 Å². The third-order valence-corrected chi connectivity index (χ3v) is 4.04. The summed E-state index contributed by atoms with van der Waals surface area (Å²) in [6.45, 7) is 1.97. The number of nitrogens with one attached hydrogen (secondary N) is 1. The third kappa shape index (κ3) is 1.80. The zero-order chi connectivity index (χ0) is 10.1. The van der Waals surface area contributed by atoms with E-state index in [0.29, 0.717) is 4.64 Å². The first-order valence-corrected chi connectivity index (χ1v) is 6.12. The van der Waals surface area contributed by atoms with Crippen molar-refractivity contribution in [2.45, 2.75) is 6.92 Å². The second-order valence-electron chi connectivity index (χ2n) is 2.84. The molecule has 0 spiro atoms. The summed E-state index contributed by atoms with van der Waals surface area (Å²) in [5.41, 5.74) is 2.09. The van der Waals surface area contributed by atoms with E-state index in [1.807, 2.05) is 23.8 Å². The van der Waals surface area contributed by atoms with Crippen molar-refractivity contribution in [1.29, 1.82) is 0 Å². The van der Waals surface area contributed by atoms with Crippen LogP contribution in [0.15, 0.2) is 21.3 Å². The van der Waals surface area contributed by atoms with Crippen LogP contribution in [0.1, 0.15) is 5.69 Å². The van der Waals surface area contributed by atoms with Gasteiger partial charge in [0.25, 0.3) is 0 Å². The Hall–Kier alpha value is -0.520. The lowest BCUT2D eigenvalue weighted by Crippen LogP contribution is -1.92. The highest BCUT2D eigenvalue weighted by Gasteiger charge is 2.04. The molecular formula is C9H7BrN2S2. The van der Waals surface area contributed by atoms with Gasteiger partial charge in [-0.15, -0.1) is 0 Å². The summed E-state index contributed by atoms with van der Waals surface area (Å²) in [5, 5.41) is 4.06. The molecule has 1 N–H and O–H groups in total. The van der Waals surface area contributed by atoms with Gasteiger partial charge in [-0.3, -0.25) is 0 Å². The molecule has 2 aromatic rings. The van der Waals surface area contributed by atoms with Gasteiger partial charge in [-0.2, -0.15) is 11.3 Å². The van der Waals surface area contributed by atoms with Gasteiger partial charge in [0, 0.05) is 16.6 Å². The second kappa shape index (κ2) is 3.92. The molecule has 0 unspecified atom stereocenters. The average molecular weight is 287 g/mol. The minimum Gasteiger partial charge on any atom is -0.342 e. The number of aromatic amines is 1. The second-order valence-corrected chi connectivity index (χ2v) is 4.80. The molecule has 2 nitrogen and oxygen atoms in total. The molecule has 2 heterocycles. The van der Waals surface area contributed by atoms with Crippen LogP contribution in [0, 0.1) is 11.6 Å². The van der Waals surface area contributed by atoms with Gasteiger partial charge in [-0.1, -0.05) is 12.2 Å². The summed E-state index contributed by atoms with van der Waals surface area (Å²) < 4.78 is 1.47. The fourth-order valence-electron chi connectivity index (χ4n) is 1.11. The molecular weight excluding hydrogens is 280 g/mol. The molecule has 0 saturated carbocycles. The maximum absolute atomic E-state index is 5.13. The molecule has 0 amide bonds. The van der Waals surface area contributed by atoms with Crippen molar-refractivity contribution < 1.29 is 0 Å². The van der Waals surface area contributed by atoms with Gasteiger partial charge in [-0.25, -0.2) is 4.98 Å². The van der Waals surface area contributed by atoms with Crippen LogP contribution in [-0.2, 0) is 0 Å². The van der Waals surface area contributed by atoms with Gasteiger partial charge in [0.15, 0.2) is 0 Å². The normalized spacial score (nSPS) is 10.4. The molecule has 0 saturated heterocycles. The zero-order valence-corrected chi connectivity index (χ0v) is 10.6. The number of halogens is 1. The molecule has 0 aromatic carbocycles. The fourth-order valence-corrected chi connectivity index (χ4v) is 2.18. The smallest absolute Gasteiger partial charge is 0.144 e. The Labute approximate surface area is 99.2 Å². The Morgan fingerprint density at radius 3 is 2.93 bits per heavy atom. The Balaban J connectivity index is 2.63. The van der Waals surface area contributed by atoms with E-state index in [0.717, 1.165) is 21.6 Å². The number of hydrogen-bond donors (Lipinski definition) is 1. The summed E-state index contributed by atoms with van der Waals surface area (Å²) >= 11 is 10.2. The lowest BCUT2D eigenvalue weighted by atomic mass is 10.3. The van der Waals surface area contributed by atoms with Crippen molar-refractivity contribution in [3.63, 3.8) is 0 Å². The van der Waals surface area contributed by atoms with E-state index in [1.54, 1.807) is 11.3 Å². The minimum atomic E-state index is 0.599. The summed E-state index contributed by atoms with van der Waals surface area (Å²) in [4.78, 5) is 7.50. The lowest BCUT2D eigenvalue weighted by molar-refractivity contribution is 1.08. The average Bonchev–Trinajstić information content (AvgIpc) is 2.66. The van der Waals surface area contributed by atoms with Gasteiger partial charge in [0.05, 0.1) is 4.47 Å². The lowest BCUT2D eigenvalue weighted by Gasteiger charge is -2.02. The largest absolute Gasteiger partial charge is 0.342 e. The van der Waals surface area contributed by atoms with Crippen molar-refractivity contribution in [2.24, 2.45) is 0 Å². The highest BCUT2D eigenvalue weighted by atomic mass is 79.9. The van der Waals surface area contributed by atoms with E-state index < -0.39 is 0 Å². The highest BCUT2D eigenvalue weighted by Crippen LogP contribution is 2.22. The van der Waals surface area contributed by atoms with Gasteiger partial charge in [0.2, 0.25) is 0 Å². The number of H-pyrrole nitrogens is 1. The maximum Gasteiger partial charge on any atom is 0.144 e. The third-order valence-electron chi connectivity index (χ3n) is 1.83. The predicted molar refractivity (Wildman–Crippen MR) is 65.2 cm³/mol. The maximum atomic E-state index is 5.13. The predicted octanol–water partition coefficient (Wildman–Crippen LogP) is 3.94. The molecule has 2 aromatic heterocycles. The number of nitrogens with zero attached hydrogens (tertiary/aromatic N) is 1. The van der Waals surface area contributed by atoms with Crippen LogP contribution in [0.2, 0.25) is 0 Å². The molecule has 0 radical (unpaired) electrons. The Kier molecular flexibility index (Phi) is 2.80. The number of rotatable bonds is 1. The van der Waals surface area contributed by atoms with Crippen molar-refractivity contribution >= 4 is 39.5 Å². The van der Waals surface area contributed by atoms with E-state index in [1.165, 1.54) is 0 Å². The number of aryl methyl sites for hydroxylation is 1. The molecule has 0 aliphatic heterocycles. The summed E-state index contributed by atoms with van der Waals surface area (Å²) in [6, 6.07) is 2.02. The van der Waals surface area contributed by atoms with Crippen molar-refractivity contribution in [2.75, 3.05) is 0 Å². The zero-order valence-electron chi connectivity index (χ0n) is 7.37. The van der Waals surface area contributed by atoms with Crippen LogP contribution < -0.4 is 0 Å². The molecule has 0 atom stereocenters. The van der Waals surface area contributed by atoms with E-state index in [4.69, 9.17) is 12.2 Å². The van der Waals surface area contributed by atoms with Crippen molar-refractivity contribution in [3.8, 4) is 11.4 Å². The van der Waals surface area contributed by atoms with Gasteiger partial charge >= 0.3 is 0 Å². The van der Waals surface area contributed by atoms with E-state index in [9.17, 15) is 0 Å². The number of hydrogen-bond acceptors (Lipinski definition) is 3. The molecule has 14 heavy (non-hydrogen) atoms. The minimum absolute atomic E-state index is 0.599. The van der Waals surface area contributed by atoms with E-state index in [2.05, 4.69) is 25.9 Å². The summed E-state index contributed by atoms with van der Waals surface area (Å²) in [7, 11) is 0. The number of thiophene rings is 1. The molecule has 5 heteroatoms. The summed E-state index contributed by atoms with van der Waals surface area (Å²) in [5.74, 6) is 0.831. The standard InChI is InChI=1S/C9H7BrN2S2/c1-5-7(10)9(13)12-8(11-5)6-2-3-14-4-6/h2-4H,1H3,(H,11,12,13). The van der Waals surface area contributed by atoms with Crippen LogP contribution in [0.4, 0.5) is 0 Å². The van der Waals surface area contributed by atoms with Crippen molar-refractivity contribution in [3.05, 3.63) is 31.6 Å². The Morgan fingerprint density at radius 1 is 1.57 bits per heavy atom. The summed E-state index contributed by atoms with van der Waals surface area (Å²) in [6.07, 6.45) is 0. The number of aromatic nitrogens is 2. The highest BCUT2D eigenvalue weighted by molar-refractivity contribution is 9.10. The molecule has 0 aliphatic carbocycles. The van der Waals surface area contributed by atoms with E-state index >= 15 is 0 Å². The van der Waals surface area contributed by atoms with Gasteiger partial charge in [0.1, 0.15) is 10.5 Å². The van der Waals surface area contributed by atoms with Crippen LogP contribution in [0.5, 0.6) is 0 Å². The first-order chi connectivity index (χ1) is 6.68. The Bertz CT molecular complexity index is 502. The molecule has 0 bridgehead atoms. The van der Waals surface area contributed by atoms with Gasteiger partial charge in [-0.05, 0) is 34.3 Å². The van der Waals surface area contributed by atoms with Crippen LogP contribution >= 0.6 is 39.5 Å². The fraction of sp³-hybridized carbons (Fsp3) is 0.111. The molecule has 0 aliphatic rings. The van der Waals surface area contributed by atoms with Crippen molar-refractivity contribution in [1.82, 2.24) is 9.97 Å². The quantitative estimate of drug-likeness (QED) is 0.805. The first-order valence-electron chi connectivity index (χ1n) is 3.97. The first kappa shape index (κ1) is 10.0. The monoisotopic (exact) mass is 286 g/mol. The van der Waals surface area contributed by atoms with Crippen LogP contribution in [-0.4, -0.2) is 9.97 Å².